The maximum absolute atomic E-state index is 12.3. The Balaban J connectivity index is -0.000000249. The lowest BCUT2D eigenvalue weighted by atomic mass is 9.65. The van der Waals surface area contributed by atoms with Gasteiger partial charge in [0.05, 0.1) is 0 Å². The summed E-state index contributed by atoms with van der Waals surface area (Å²) in [6, 6.07) is 19.2. The molecular weight excluding hydrogens is 432 g/mol. The summed E-state index contributed by atoms with van der Waals surface area (Å²) in [6.07, 6.45) is 4.45. The number of allylic oxidation sites excluding steroid dienone is 1. The second kappa shape index (κ2) is 18.3. The van der Waals surface area contributed by atoms with Crippen molar-refractivity contribution in [2.75, 3.05) is 6.54 Å². The Morgan fingerprint density at radius 2 is 1.61 bits per heavy atom. The monoisotopic (exact) mass is 482 g/mol. The van der Waals surface area contributed by atoms with Crippen LogP contribution in [0.1, 0.15) is 79.8 Å². The smallest absolute Gasteiger partial charge is 0.220 e. The molecule has 1 aliphatic heterocycles. The summed E-state index contributed by atoms with van der Waals surface area (Å²) in [5.41, 5.74) is 3.55. The summed E-state index contributed by atoms with van der Waals surface area (Å²) >= 11 is 0. The number of aryl methyl sites for hydroxylation is 1. The third-order valence-corrected chi connectivity index (χ3v) is 5.34. The Bertz CT molecular complexity index is 772. The van der Waals surface area contributed by atoms with Gasteiger partial charge in [-0.25, -0.2) is 0 Å². The van der Waals surface area contributed by atoms with E-state index < -0.39 is 0 Å². The van der Waals surface area contributed by atoms with Crippen molar-refractivity contribution in [1.29, 1.82) is 0 Å². The van der Waals surface area contributed by atoms with Crippen LogP contribution in [-0.2, 0) is 16.6 Å². The van der Waals surface area contributed by atoms with Gasteiger partial charge < -0.3 is 16.9 Å². The van der Waals surface area contributed by atoms with Crippen molar-refractivity contribution in [3.05, 3.63) is 83.9 Å². The highest BCUT2D eigenvalue weighted by molar-refractivity contribution is 5.85. The maximum Gasteiger partial charge on any atom is 0.220 e. The molecule has 0 saturated carbocycles. The van der Waals surface area contributed by atoms with Crippen LogP contribution in [0.2, 0.25) is 0 Å². The molecule has 0 aromatic heterocycles. The number of hydrogen-bond acceptors (Lipinski definition) is 2. The van der Waals surface area contributed by atoms with Gasteiger partial charge in [-0.1, -0.05) is 102 Å². The predicted octanol–water partition coefficient (Wildman–Crippen LogP) is 7.31. The van der Waals surface area contributed by atoms with Crippen LogP contribution in [0.15, 0.2) is 67.3 Å². The average molecular weight is 483 g/mol. The van der Waals surface area contributed by atoms with Crippen LogP contribution in [0.4, 0.5) is 0 Å². The molecule has 1 amide bonds. The van der Waals surface area contributed by atoms with E-state index in [1.165, 1.54) is 16.7 Å². The number of hydrogen-bond donors (Lipinski definition) is 2. The summed E-state index contributed by atoms with van der Waals surface area (Å²) in [7, 11) is 0. The van der Waals surface area contributed by atoms with E-state index in [-0.39, 0.29) is 44.1 Å². The van der Waals surface area contributed by atoms with Gasteiger partial charge >= 0.3 is 0 Å². The number of halogens is 1. The third-order valence-electron chi connectivity index (χ3n) is 5.34. The van der Waals surface area contributed by atoms with E-state index in [4.69, 9.17) is 0 Å². The van der Waals surface area contributed by atoms with Crippen LogP contribution < -0.4 is 11.5 Å². The Kier molecular flexibility index (Phi) is 19.7. The van der Waals surface area contributed by atoms with Gasteiger partial charge in [-0.15, -0.1) is 19.0 Å². The van der Waals surface area contributed by atoms with Crippen LogP contribution in [0.5, 0.6) is 0 Å². The van der Waals surface area contributed by atoms with Crippen molar-refractivity contribution in [3.63, 3.8) is 0 Å². The summed E-state index contributed by atoms with van der Waals surface area (Å²) in [5, 5.41) is 3.04. The zero-order valence-electron chi connectivity index (χ0n) is 21.5. The maximum atomic E-state index is 12.3. The topological polar surface area (TPSA) is 95.6 Å². The molecule has 0 spiro atoms. The first kappa shape index (κ1) is 35.4. The number of amides is 1. The second-order valence-corrected chi connectivity index (χ2v) is 8.29. The van der Waals surface area contributed by atoms with E-state index in [2.05, 4.69) is 82.1 Å². The van der Waals surface area contributed by atoms with Gasteiger partial charge in [-0.05, 0) is 35.4 Å². The zero-order valence-corrected chi connectivity index (χ0v) is 22.3. The minimum atomic E-state index is -0.229. The lowest BCUT2D eigenvalue weighted by molar-refractivity contribution is -0.121. The molecule has 192 valence electrons. The van der Waals surface area contributed by atoms with Crippen molar-refractivity contribution in [2.45, 2.75) is 72.1 Å². The normalized spacial score (nSPS) is 18.8. The average Bonchev–Trinajstić information content (AvgIpc) is 2.94. The highest BCUT2D eigenvalue weighted by Gasteiger charge is 2.41. The van der Waals surface area contributed by atoms with E-state index in [1.54, 1.807) is 0 Å². The van der Waals surface area contributed by atoms with E-state index in [0.717, 1.165) is 18.8 Å². The fourth-order valence-electron chi connectivity index (χ4n) is 3.88. The van der Waals surface area contributed by atoms with Crippen molar-refractivity contribution in [1.82, 2.24) is 11.5 Å². The molecule has 33 heavy (non-hydrogen) atoms. The van der Waals surface area contributed by atoms with Crippen LogP contribution in [0.25, 0.3) is 0 Å². The van der Waals surface area contributed by atoms with Gasteiger partial charge in [0.25, 0.3) is 0 Å². The quantitative estimate of drug-likeness (QED) is 0.446. The van der Waals surface area contributed by atoms with Crippen LogP contribution >= 0.6 is 12.4 Å². The number of benzene rings is 2. The largest absolute Gasteiger partial charge is 0.412 e. The SMILES string of the molecule is C=C[C@]1(c2ccc(CC)cc2)CCNC(=O)C[C@H]1c1ccccc1.CC.CC(C)C.Cl.N.O.[HH].[HH]. The van der Waals surface area contributed by atoms with Gasteiger partial charge in [0.1, 0.15) is 0 Å². The number of carbonyl (C=O) groups is 1. The minimum absolute atomic E-state index is 0. The summed E-state index contributed by atoms with van der Waals surface area (Å²) in [4.78, 5) is 12.3. The highest BCUT2D eigenvalue weighted by Crippen LogP contribution is 2.46. The lowest BCUT2D eigenvalue weighted by Gasteiger charge is -2.37. The van der Waals surface area contributed by atoms with Crippen molar-refractivity contribution in [2.24, 2.45) is 5.92 Å². The van der Waals surface area contributed by atoms with Gasteiger partial charge in [-0.3, -0.25) is 4.79 Å². The second-order valence-electron chi connectivity index (χ2n) is 8.29. The number of nitrogens with one attached hydrogen (secondary N) is 1. The molecule has 5 heteroatoms. The van der Waals surface area contributed by atoms with Gasteiger partial charge in [0.15, 0.2) is 0 Å². The van der Waals surface area contributed by atoms with E-state index >= 15 is 0 Å². The molecule has 2 aromatic carbocycles. The Morgan fingerprint density at radius 1 is 1.09 bits per heavy atom. The molecule has 1 heterocycles. The first-order valence-electron chi connectivity index (χ1n) is 11.5. The minimum Gasteiger partial charge on any atom is -0.412 e. The molecule has 1 fully saturated rings. The molecular formula is C28H51ClN2O2. The molecule has 0 radical (unpaired) electrons. The first-order valence-corrected chi connectivity index (χ1v) is 11.5. The van der Waals surface area contributed by atoms with Crippen LogP contribution in [0, 0.1) is 5.92 Å². The molecule has 1 saturated heterocycles. The molecule has 2 atom stereocenters. The standard InChI is InChI=1S/C22H25NO.C4H10.C2H6.ClH.H3N.H2O.2H2/c1-3-17-10-12-19(13-11-17)22(4-2)14-15-23-21(24)16-20(22)18-8-6-5-7-9-18;1-4(2)3;1-2;;;;;/h4-13,20H,2-3,14-16H2,1H3,(H,23,24);4H,1-3H3;1-2H3;1H;1H3;1H2;2*1H/t20-,22+;;;;;;;/m0......./s1. The number of rotatable bonds is 4. The third kappa shape index (κ3) is 10.1. The summed E-state index contributed by atoms with van der Waals surface area (Å²) in [6.45, 7) is 17.5. The van der Waals surface area contributed by atoms with Gasteiger partial charge in [-0.2, -0.15) is 0 Å². The highest BCUT2D eigenvalue weighted by atomic mass is 35.5. The molecule has 0 unspecified atom stereocenters. The van der Waals surface area contributed by atoms with E-state index in [1.807, 2.05) is 32.0 Å². The molecule has 3 rings (SSSR count). The lowest BCUT2D eigenvalue weighted by Crippen LogP contribution is -2.32. The molecule has 6 N–H and O–H groups in total. The summed E-state index contributed by atoms with van der Waals surface area (Å²) < 4.78 is 0. The molecule has 2 aromatic rings. The molecule has 0 aliphatic carbocycles. The van der Waals surface area contributed by atoms with E-state index in [0.29, 0.717) is 13.0 Å². The number of carbonyl (C=O) groups excluding carboxylic acids is 1. The predicted molar refractivity (Wildman–Crippen MR) is 151 cm³/mol. The van der Waals surface area contributed by atoms with Gasteiger partial charge in [0, 0.05) is 27.2 Å². The fourth-order valence-corrected chi connectivity index (χ4v) is 3.88. The van der Waals surface area contributed by atoms with Crippen LogP contribution in [-0.4, -0.2) is 17.9 Å². The molecule has 0 bridgehead atoms. The first-order chi connectivity index (χ1) is 14.4. The summed E-state index contributed by atoms with van der Waals surface area (Å²) in [5.74, 6) is 1.06. The molecule has 1 aliphatic rings. The Morgan fingerprint density at radius 3 is 2.06 bits per heavy atom. The van der Waals surface area contributed by atoms with E-state index in [9.17, 15) is 4.79 Å². The zero-order chi connectivity index (χ0) is 22.6. The Labute approximate surface area is 211 Å². The van der Waals surface area contributed by atoms with Gasteiger partial charge in [0.2, 0.25) is 5.91 Å². The van der Waals surface area contributed by atoms with Crippen molar-refractivity contribution in [3.8, 4) is 0 Å². The fraction of sp³-hybridized carbons (Fsp3) is 0.464. The van der Waals surface area contributed by atoms with Crippen molar-refractivity contribution >= 4 is 18.3 Å². The Hall–Kier alpha value is -2.14. The van der Waals surface area contributed by atoms with Crippen LogP contribution in [0.3, 0.4) is 0 Å². The van der Waals surface area contributed by atoms with Crippen molar-refractivity contribution < 1.29 is 13.1 Å². The molecule has 4 nitrogen and oxygen atoms in total.